The molecular formula is C15H31NO2S. The van der Waals surface area contributed by atoms with Crippen LogP contribution in [-0.4, -0.2) is 35.5 Å². The van der Waals surface area contributed by atoms with Gasteiger partial charge in [0.2, 0.25) is 0 Å². The summed E-state index contributed by atoms with van der Waals surface area (Å²) in [6, 6.07) is 0.304. The molecule has 0 aromatic rings. The molecule has 1 aliphatic carbocycles. The first-order valence-corrected chi connectivity index (χ1v) is 9.65. The van der Waals surface area contributed by atoms with Crippen LogP contribution in [0, 0.1) is 5.92 Å². The molecule has 19 heavy (non-hydrogen) atoms. The van der Waals surface area contributed by atoms with E-state index in [9.17, 15) is 4.79 Å². The highest BCUT2D eigenvalue weighted by atomic mass is 32.2. The number of alkyl carbamates (subject to hydrolysis) is 1. The van der Waals surface area contributed by atoms with E-state index in [1.54, 1.807) is 0 Å². The first-order valence-electron chi connectivity index (χ1n) is 7.35. The second kappa shape index (κ2) is 6.87. The third-order valence-electron chi connectivity index (χ3n) is 3.99. The molecule has 0 bridgehead atoms. The molecule has 1 aliphatic rings. The Labute approximate surface area is 121 Å². The molecular weight excluding hydrogens is 258 g/mol. The highest BCUT2D eigenvalue weighted by molar-refractivity contribution is 8.16. The zero-order valence-corrected chi connectivity index (χ0v) is 14.2. The van der Waals surface area contributed by atoms with Crippen LogP contribution in [0.1, 0.15) is 53.4 Å². The zero-order valence-electron chi connectivity index (χ0n) is 13.3. The van der Waals surface area contributed by atoms with E-state index in [4.69, 9.17) is 4.74 Å². The maximum atomic E-state index is 11.7. The minimum Gasteiger partial charge on any atom is -0.444 e. The molecule has 1 amide bonds. The summed E-state index contributed by atoms with van der Waals surface area (Å²) in [5.74, 6) is 0.845. The van der Waals surface area contributed by atoms with Crippen LogP contribution in [0.5, 0.6) is 0 Å². The fourth-order valence-corrected chi connectivity index (χ4v) is 3.78. The predicted molar refractivity (Wildman–Crippen MR) is 85.4 cm³/mol. The second-order valence-electron chi connectivity index (χ2n) is 6.96. The van der Waals surface area contributed by atoms with Crippen molar-refractivity contribution in [1.82, 2.24) is 5.32 Å². The normalized spacial score (nSPS) is 26.5. The Morgan fingerprint density at radius 2 is 1.74 bits per heavy atom. The van der Waals surface area contributed by atoms with Crippen LogP contribution >= 0.6 is 10.9 Å². The first-order chi connectivity index (χ1) is 8.69. The van der Waals surface area contributed by atoms with Crippen LogP contribution in [-0.2, 0) is 4.74 Å². The first kappa shape index (κ1) is 16.7. The average Bonchev–Trinajstić information content (AvgIpc) is 2.26. The Hall–Kier alpha value is -0.380. The molecule has 1 atom stereocenters. The van der Waals surface area contributed by atoms with Gasteiger partial charge in [0.25, 0.3) is 0 Å². The standard InChI is InChI=1S/C15H31NO2S/c1-11(19(5)6)12-7-9-13(10-8-12)16-14(17)18-15(2,3)4/h11-13,19H,7-10H2,1-6H3,(H,16,17)/t11?,12-,13-. The Bertz CT molecular complexity index is 291. The average molecular weight is 289 g/mol. The number of thiol groups is 1. The highest BCUT2D eigenvalue weighted by Crippen LogP contribution is 2.37. The lowest BCUT2D eigenvalue weighted by Gasteiger charge is -2.35. The van der Waals surface area contributed by atoms with Gasteiger partial charge in [-0.25, -0.2) is 4.79 Å². The molecule has 1 unspecified atom stereocenters. The van der Waals surface area contributed by atoms with E-state index in [0.717, 1.165) is 24.0 Å². The van der Waals surface area contributed by atoms with Crippen molar-refractivity contribution in [3.05, 3.63) is 0 Å². The summed E-state index contributed by atoms with van der Waals surface area (Å²) in [4.78, 5) is 11.7. The number of carbonyl (C=O) groups excluding carboxylic acids is 1. The number of hydrogen-bond acceptors (Lipinski definition) is 2. The molecule has 114 valence electrons. The molecule has 4 heteroatoms. The van der Waals surface area contributed by atoms with Gasteiger partial charge in [-0.2, -0.15) is 0 Å². The summed E-state index contributed by atoms with van der Waals surface area (Å²) < 4.78 is 5.31. The lowest BCUT2D eigenvalue weighted by Crippen LogP contribution is -2.41. The van der Waals surface area contributed by atoms with E-state index in [-0.39, 0.29) is 17.0 Å². The second-order valence-corrected chi connectivity index (χ2v) is 9.70. The number of amides is 1. The predicted octanol–water partition coefficient (Wildman–Crippen LogP) is 3.72. The Morgan fingerprint density at radius 3 is 2.16 bits per heavy atom. The van der Waals surface area contributed by atoms with E-state index >= 15 is 0 Å². The fraction of sp³-hybridized carbons (Fsp3) is 0.933. The van der Waals surface area contributed by atoms with Crippen LogP contribution < -0.4 is 5.32 Å². The van der Waals surface area contributed by atoms with Gasteiger partial charge in [0.15, 0.2) is 0 Å². The quantitative estimate of drug-likeness (QED) is 0.777. The van der Waals surface area contributed by atoms with Gasteiger partial charge in [0.1, 0.15) is 5.60 Å². The number of nitrogens with one attached hydrogen (secondary N) is 1. The third kappa shape index (κ3) is 6.07. The van der Waals surface area contributed by atoms with E-state index in [0.29, 0.717) is 6.04 Å². The van der Waals surface area contributed by atoms with Gasteiger partial charge < -0.3 is 10.1 Å². The molecule has 3 nitrogen and oxygen atoms in total. The van der Waals surface area contributed by atoms with Crippen molar-refractivity contribution in [1.29, 1.82) is 0 Å². The maximum Gasteiger partial charge on any atom is 0.407 e. The lowest BCUT2D eigenvalue weighted by atomic mass is 9.84. The van der Waals surface area contributed by atoms with Gasteiger partial charge in [-0.1, -0.05) is 6.92 Å². The monoisotopic (exact) mass is 289 g/mol. The molecule has 1 saturated carbocycles. The topological polar surface area (TPSA) is 38.3 Å². The Morgan fingerprint density at radius 1 is 1.21 bits per heavy atom. The third-order valence-corrected chi connectivity index (χ3v) is 6.04. The molecule has 0 saturated heterocycles. The summed E-state index contributed by atoms with van der Waals surface area (Å²) in [6.45, 7) is 8.08. The summed E-state index contributed by atoms with van der Waals surface area (Å²) >= 11 is 0. The van der Waals surface area contributed by atoms with Gasteiger partial charge in [-0.05, 0) is 70.1 Å². The molecule has 0 aromatic carbocycles. The summed E-state index contributed by atoms with van der Waals surface area (Å²) in [6.07, 6.45) is 9.13. The van der Waals surface area contributed by atoms with Gasteiger partial charge in [0, 0.05) is 6.04 Å². The molecule has 0 aliphatic heterocycles. The van der Waals surface area contributed by atoms with Crippen molar-refractivity contribution in [2.45, 2.75) is 70.3 Å². The van der Waals surface area contributed by atoms with Crippen molar-refractivity contribution in [3.8, 4) is 0 Å². The SMILES string of the molecule is CC([C@H]1CC[C@H](NC(=O)OC(C)(C)C)CC1)[SH](C)C. The van der Waals surface area contributed by atoms with Crippen LogP contribution in [0.15, 0.2) is 0 Å². The molecule has 0 aromatic heterocycles. The Kier molecular flexibility index (Phi) is 6.03. The molecule has 0 heterocycles. The van der Waals surface area contributed by atoms with E-state index in [2.05, 4.69) is 24.8 Å². The fourth-order valence-electron chi connectivity index (χ4n) is 2.64. The number of rotatable bonds is 3. The smallest absolute Gasteiger partial charge is 0.407 e. The highest BCUT2D eigenvalue weighted by Gasteiger charge is 2.27. The van der Waals surface area contributed by atoms with Gasteiger partial charge in [0.05, 0.1) is 0 Å². The van der Waals surface area contributed by atoms with E-state index in [1.165, 1.54) is 12.8 Å². The van der Waals surface area contributed by atoms with Crippen LogP contribution in [0.25, 0.3) is 0 Å². The van der Waals surface area contributed by atoms with E-state index in [1.807, 2.05) is 20.8 Å². The minimum atomic E-state index is -0.407. The molecule has 0 spiro atoms. The van der Waals surface area contributed by atoms with Crippen molar-refractivity contribution < 1.29 is 9.53 Å². The van der Waals surface area contributed by atoms with Gasteiger partial charge in [-0.3, -0.25) is 10.9 Å². The number of hydrogen-bond donors (Lipinski definition) is 2. The zero-order chi connectivity index (χ0) is 14.6. The van der Waals surface area contributed by atoms with Gasteiger partial charge >= 0.3 is 6.09 Å². The minimum absolute atomic E-state index is 0.154. The molecule has 0 radical (unpaired) electrons. The van der Waals surface area contributed by atoms with Crippen molar-refractivity contribution >= 4 is 17.0 Å². The number of carbonyl (C=O) groups is 1. The number of ether oxygens (including phenoxy) is 1. The van der Waals surface area contributed by atoms with Crippen molar-refractivity contribution in [2.24, 2.45) is 5.92 Å². The van der Waals surface area contributed by atoms with Crippen LogP contribution in [0.3, 0.4) is 0 Å². The largest absolute Gasteiger partial charge is 0.444 e. The maximum absolute atomic E-state index is 11.7. The van der Waals surface area contributed by atoms with Crippen molar-refractivity contribution in [2.75, 3.05) is 12.5 Å². The summed E-state index contributed by atoms with van der Waals surface area (Å²) in [5, 5.41) is 3.85. The molecule has 1 fully saturated rings. The molecule has 1 N–H and O–H groups in total. The van der Waals surface area contributed by atoms with Gasteiger partial charge in [-0.15, -0.1) is 0 Å². The van der Waals surface area contributed by atoms with Crippen LogP contribution in [0.2, 0.25) is 0 Å². The summed E-state index contributed by atoms with van der Waals surface area (Å²) in [7, 11) is 0.154. The van der Waals surface area contributed by atoms with Crippen LogP contribution in [0.4, 0.5) is 4.79 Å². The summed E-state index contributed by atoms with van der Waals surface area (Å²) in [5.41, 5.74) is -0.407. The van der Waals surface area contributed by atoms with E-state index < -0.39 is 5.60 Å². The molecule has 1 rings (SSSR count). The Balaban J connectivity index is 2.32. The lowest BCUT2D eigenvalue weighted by molar-refractivity contribution is 0.0487. The van der Waals surface area contributed by atoms with Crippen molar-refractivity contribution in [3.63, 3.8) is 0 Å².